The number of likely N-dealkylation sites (tertiary alicyclic amines) is 1. The average Bonchev–Trinajstić information content (AvgIpc) is 3.28. The molecule has 9 heteroatoms. The molecule has 2 aromatic rings. The number of rotatable bonds is 9. The number of hydrogen-bond donors (Lipinski definition) is 4. The second-order valence-corrected chi connectivity index (χ2v) is 9.59. The van der Waals surface area contributed by atoms with Crippen molar-refractivity contribution >= 4 is 17.6 Å². The minimum absolute atomic E-state index is 0.0258. The maximum atomic E-state index is 12.1. The normalized spacial score (nSPS) is 26.6. The first-order valence-corrected chi connectivity index (χ1v) is 12.3. The topological polar surface area (TPSA) is 129 Å². The fourth-order valence-electron chi connectivity index (χ4n) is 4.77. The number of carboxylic acids is 1. The Labute approximate surface area is 210 Å². The molecule has 9 nitrogen and oxygen atoms in total. The zero-order chi connectivity index (χ0) is 25.7. The van der Waals surface area contributed by atoms with Gasteiger partial charge in [0.2, 0.25) is 5.91 Å². The summed E-state index contributed by atoms with van der Waals surface area (Å²) >= 11 is 0. The Morgan fingerprint density at radius 2 is 1.86 bits per heavy atom. The van der Waals surface area contributed by atoms with E-state index in [1.807, 2.05) is 30.3 Å². The van der Waals surface area contributed by atoms with Crippen molar-refractivity contribution < 1.29 is 34.4 Å². The first-order valence-electron chi connectivity index (χ1n) is 12.3. The van der Waals surface area contributed by atoms with Gasteiger partial charge in [-0.1, -0.05) is 43.3 Å². The summed E-state index contributed by atoms with van der Waals surface area (Å²) in [6.07, 6.45) is -1.02. The Morgan fingerprint density at radius 1 is 1.08 bits per heavy atom. The molecule has 2 heterocycles. The van der Waals surface area contributed by atoms with Gasteiger partial charge in [-0.05, 0) is 29.7 Å². The SMILES string of the molecule is C[C@H]1[C@@H](CN2CC[C@H](O)C2)O[C@@H](c2cccc(NC(=O)CCC(=O)O)c2)O[C@H]1c1ccc(CO)cc1. The summed E-state index contributed by atoms with van der Waals surface area (Å²) in [5, 5.41) is 31.0. The highest BCUT2D eigenvalue weighted by molar-refractivity contribution is 5.92. The molecule has 36 heavy (non-hydrogen) atoms. The van der Waals surface area contributed by atoms with Crippen LogP contribution in [-0.2, 0) is 25.7 Å². The number of nitrogens with zero attached hydrogens (tertiary/aromatic N) is 1. The molecule has 0 saturated carbocycles. The summed E-state index contributed by atoms with van der Waals surface area (Å²) < 4.78 is 12.9. The minimum atomic E-state index is -1.02. The Hall–Kier alpha value is -2.82. The van der Waals surface area contributed by atoms with E-state index in [-0.39, 0.29) is 49.6 Å². The summed E-state index contributed by atoms with van der Waals surface area (Å²) in [6, 6.07) is 14.9. The van der Waals surface area contributed by atoms with Crippen LogP contribution in [-0.4, -0.2) is 63.9 Å². The van der Waals surface area contributed by atoms with Gasteiger partial charge in [0.15, 0.2) is 6.29 Å². The summed E-state index contributed by atoms with van der Waals surface area (Å²) in [7, 11) is 0. The number of carbonyl (C=O) groups excluding carboxylic acids is 1. The number of anilines is 1. The second kappa shape index (κ2) is 11.9. The number of benzene rings is 2. The number of ether oxygens (including phenoxy) is 2. The van der Waals surface area contributed by atoms with Crippen LogP contribution >= 0.6 is 0 Å². The molecule has 0 aromatic heterocycles. The Kier molecular flexibility index (Phi) is 8.71. The molecule has 0 spiro atoms. The molecule has 2 saturated heterocycles. The van der Waals surface area contributed by atoms with Crippen molar-refractivity contribution in [2.24, 2.45) is 5.92 Å². The molecule has 4 rings (SSSR count). The van der Waals surface area contributed by atoms with E-state index in [9.17, 15) is 19.8 Å². The van der Waals surface area contributed by atoms with E-state index in [1.165, 1.54) is 0 Å². The summed E-state index contributed by atoms with van der Waals surface area (Å²) in [5.41, 5.74) is 3.08. The van der Waals surface area contributed by atoms with E-state index < -0.39 is 12.3 Å². The van der Waals surface area contributed by atoms with Crippen molar-refractivity contribution in [2.45, 2.75) is 57.4 Å². The zero-order valence-electron chi connectivity index (χ0n) is 20.4. The van der Waals surface area contributed by atoms with E-state index in [2.05, 4.69) is 17.1 Å². The number of aliphatic carboxylic acids is 1. The van der Waals surface area contributed by atoms with Crippen LogP contribution in [0.5, 0.6) is 0 Å². The fraction of sp³-hybridized carbons (Fsp3) is 0.481. The van der Waals surface area contributed by atoms with Crippen molar-refractivity contribution in [1.82, 2.24) is 4.90 Å². The van der Waals surface area contributed by atoms with Crippen LogP contribution in [0, 0.1) is 5.92 Å². The molecule has 194 valence electrons. The number of carboxylic acid groups (broad SMARTS) is 1. The molecule has 4 N–H and O–H groups in total. The molecule has 0 bridgehead atoms. The summed E-state index contributed by atoms with van der Waals surface area (Å²) in [6.45, 7) is 4.16. The first-order chi connectivity index (χ1) is 17.3. The number of carbonyl (C=O) groups is 2. The number of nitrogens with one attached hydrogen (secondary N) is 1. The number of aliphatic hydroxyl groups excluding tert-OH is 2. The number of aliphatic hydroxyl groups is 2. The number of β-amino-alcohol motifs (C(OH)–C–C–N with tert-alkyl or cyclic N) is 1. The molecule has 2 aliphatic rings. The van der Waals surface area contributed by atoms with Crippen LogP contribution in [0.1, 0.15) is 55.3 Å². The highest BCUT2D eigenvalue weighted by Gasteiger charge is 2.40. The third-order valence-electron chi connectivity index (χ3n) is 6.82. The zero-order valence-corrected chi connectivity index (χ0v) is 20.4. The highest BCUT2D eigenvalue weighted by Crippen LogP contribution is 2.42. The second-order valence-electron chi connectivity index (χ2n) is 9.59. The number of amides is 1. The van der Waals surface area contributed by atoms with Crippen LogP contribution in [0.15, 0.2) is 48.5 Å². The van der Waals surface area contributed by atoms with E-state index in [0.29, 0.717) is 18.8 Å². The summed E-state index contributed by atoms with van der Waals surface area (Å²) in [4.78, 5) is 25.1. The lowest BCUT2D eigenvalue weighted by Crippen LogP contribution is -2.44. The van der Waals surface area contributed by atoms with Crippen molar-refractivity contribution in [1.29, 1.82) is 0 Å². The van der Waals surface area contributed by atoms with E-state index >= 15 is 0 Å². The lowest BCUT2D eigenvalue weighted by Gasteiger charge is -2.42. The third kappa shape index (κ3) is 6.68. The standard InChI is InChI=1S/C27H34N2O7/c1-17-23(15-29-12-11-22(31)14-29)35-27(36-26(17)19-7-5-18(16-30)6-8-19)20-3-2-4-21(13-20)28-24(32)9-10-25(33)34/h2-8,13,17,22-23,26-27,30-31H,9-12,14-16H2,1H3,(H,28,32)(H,33,34)/t17-,22-,23+,26+,27+/m0/s1. The molecule has 0 radical (unpaired) electrons. The van der Waals surface area contributed by atoms with Crippen molar-refractivity contribution in [3.8, 4) is 0 Å². The molecular formula is C27H34N2O7. The lowest BCUT2D eigenvalue weighted by atomic mass is 9.90. The fourth-order valence-corrected chi connectivity index (χ4v) is 4.77. The smallest absolute Gasteiger partial charge is 0.303 e. The van der Waals surface area contributed by atoms with Crippen LogP contribution in [0.4, 0.5) is 5.69 Å². The quantitative estimate of drug-likeness (QED) is 0.416. The van der Waals surface area contributed by atoms with Gasteiger partial charge in [-0.3, -0.25) is 14.5 Å². The van der Waals surface area contributed by atoms with Crippen molar-refractivity contribution in [3.05, 3.63) is 65.2 Å². The average molecular weight is 499 g/mol. The van der Waals surface area contributed by atoms with Gasteiger partial charge in [-0.2, -0.15) is 0 Å². The maximum absolute atomic E-state index is 12.1. The van der Waals surface area contributed by atoms with Gasteiger partial charge in [0.05, 0.1) is 31.3 Å². The van der Waals surface area contributed by atoms with Gasteiger partial charge in [0.1, 0.15) is 0 Å². The Bertz CT molecular complexity index is 1040. The molecule has 0 unspecified atom stereocenters. The summed E-state index contributed by atoms with van der Waals surface area (Å²) in [5.74, 6) is -1.37. The van der Waals surface area contributed by atoms with Crippen LogP contribution in [0.25, 0.3) is 0 Å². The molecule has 0 aliphatic carbocycles. The Morgan fingerprint density at radius 3 is 2.53 bits per heavy atom. The van der Waals surface area contributed by atoms with Gasteiger partial charge in [0, 0.05) is 43.2 Å². The monoisotopic (exact) mass is 498 g/mol. The predicted octanol–water partition coefficient (Wildman–Crippen LogP) is 2.84. The van der Waals surface area contributed by atoms with Crippen LogP contribution < -0.4 is 5.32 Å². The minimum Gasteiger partial charge on any atom is -0.481 e. The van der Waals surface area contributed by atoms with Crippen molar-refractivity contribution in [3.63, 3.8) is 0 Å². The van der Waals surface area contributed by atoms with E-state index in [4.69, 9.17) is 14.6 Å². The molecular weight excluding hydrogens is 464 g/mol. The molecule has 5 atom stereocenters. The van der Waals surface area contributed by atoms with Gasteiger partial charge in [-0.15, -0.1) is 0 Å². The van der Waals surface area contributed by atoms with Gasteiger partial charge < -0.3 is 30.1 Å². The van der Waals surface area contributed by atoms with E-state index in [0.717, 1.165) is 29.7 Å². The molecule has 2 aliphatic heterocycles. The third-order valence-corrected chi connectivity index (χ3v) is 6.82. The van der Waals surface area contributed by atoms with Gasteiger partial charge in [0.25, 0.3) is 0 Å². The van der Waals surface area contributed by atoms with Crippen molar-refractivity contribution in [2.75, 3.05) is 25.0 Å². The van der Waals surface area contributed by atoms with Crippen LogP contribution in [0.2, 0.25) is 0 Å². The molecule has 2 aromatic carbocycles. The maximum Gasteiger partial charge on any atom is 0.303 e. The predicted molar refractivity (Wildman–Crippen MR) is 132 cm³/mol. The Balaban J connectivity index is 1.54. The highest BCUT2D eigenvalue weighted by atomic mass is 16.7. The largest absolute Gasteiger partial charge is 0.481 e. The van der Waals surface area contributed by atoms with E-state index in [1.54, 1.807) is 18.2 Å². The molecule has 2 fully saturated rings. The first kappa shape index (κ1) is 26.2. The number of hydrogen-bond acceptors (Lipinski definition) is 7. The van der Waals surface area contributed by atoms with Gasteiger partial charge in [-0.25, -0.2) is 0 Å². The lowest BCUT2D eigenvalue weighted by molar-refractivity contribution is -0.276. The van der Waals surface area contributed by atoms with Crippen LogP contribution in [0.3, 0.4) is 0 Å². The molecule has 1 amide bonds. The van der Waals surface area contributed by atoms with Gasteiger partial charge >= 0.3 is 5.97 Å².